The second-order valence-electron chi connectivity index (χ2n) is 5.67. The molecule has 0 aliphatic heterocycles. The van der Waals surface area contributed by atoms with Crippen LogP contribution in [-0.2, 0) is 0 Å². The van der Waals surface area contributed by atoms with Gasteiger partial charge in [-0.3, -0.25) is 4.79 Å². The van der Waals surface area contributed by atoms with E-state index in [-0.39, 0.29) is 36.8 Å². The van der Waals surface area contributed by atoms with E-state index in [2.05, 4.69) is 10.2 Å². The predicted molar refractivity (Wildman–Crippen MR) is 112 cm³/mol. The lowest BCUT2D eigenvalue weighted by atomic mass is 10.1. The first-order valence-electron chi connectivity index (χ1n) is 7.56. The van der Waals surface area contributed by atoms with Gasteiger partial charge in [-0.25, -0.2) is 0 Å². The average Bonchev–Trinajstić information content (AvgIpc) is 2.57. The van der Waals surface area contributed by atoms with Crippen LogP contribution in [0.4, 0.5) is 5.69 Å². The number of hydrogen-bond donors (Lipinski definition) is 2. The normalized spacial score (nSPS) is 11.1. The molecule has 5 nitrogen and oxygen atoms in total. The smallest absolute Gasteiger partial charge is 0.255 e. The van der Waals surface area contributed by atoms with Crippen LogP contribution in [0.3, 0.4) is 0 Å². The zero-order valence-corrected chi connectivity index (χ0v) is 17.3. The van der Waals surface area contributed by atoms with Crippen molar-refractivity contribution in [2.24, 2.45) is 0 Å². The monoisotopic (exact) mass is 419 g/mol. The Kier molecular flexibility index (Phi) is 10.4. The molecule has 0 radical (unpaired) electrons. The third kappa shape index (κ3) is 5.95. The van der Waals surface area contributed by atoms with Gasteiger partial charge in [-0.15, -0.1) is 24.8 Å². The Labute approximate surface area is 171 Å². The van der Waals surface area contributed by atoms with Crippen molar-refractivity contribution in [1.82, 2.24) is 10.2 Å². The molecule has 3 N–H and O–H groups in total. The molecule has 0 aromatic heterocycles. The van der Waals surface area contributed by atoms with E-state index < -0.39 is 0 Å². The lowest BCUT2D eigenvalue weighted by molar-refractivity contribution is 0.0939. The first kappa shape index (κ1) is 24.3. The molecule has 2 aromatic rings. The number of likely N-dealkylation sites (N-methyl/N-ethyl adjacent to an activating group) is 1. The van der Waals surface area contributed by atoms with Crippen LogP contribution in [0.1, 0.15) is 22.0 Å². The molecule has 2 aromatic carbocycles. The predicted octanol–water partition coefficient (Wildman–Crippen LogP) is 3.81. The SMILES string of the molecule is COc1cc(N)c(Cl)cc1C(=O)NCC(c1ccccc1)N(C)C.Cl.Cl. The van der Waals surface area contributed by atoms with Crippen molar-refractivity contribution in [2.45, 2.75) is 6.04 Å². The average molecular weight is 421 g/mol. The summed E-state index contributed by atoms with van der Waals surface area (Å²) in [6.45, 7) is 0.459. The van der Waals surface area contributed by atoms with Crippen LogP contribution in [0, 0.1) is 0 Å². The fraction of sp³-hybridized carbons (Fsp3) is 0.278. The molecule has 0 aliphatic carbocycles. The van der Waals surface area contributed by atoms with Crippen LogP contribution in [0.25, 0.3) is 0 Å². The lowest BCUT2D eigenvalue weighted by Crippen LogP contribution is -2.34. The van der Waals surface area contributed by atoms with E-state index in [0.29, 0.717) is 28.6 Å². The highest BCUT2D eigenvalue weighted by molar-refractivity contribution is 6.33. The largest absolute Gasteiger partial charge is 0.496 e. The summed E-state index contributed by atoms with van der Waals surface area (Å²) in [5, 5.41) is 3.27. The van der Waals surface area contributed by atoms with Gasteiger partial charge in [0.25, 0.3) is 5.91 Å². The van der Waals surface area contributed by atoms with E-state index in [1.165, 1.54) is 13.2 Å². The highest BCUT2D eigenvalue weighted by Crippen LogP contribution is 2.29. The number of ether oxygens (including phenoxy) is 1. The Balaban J connectivity index is 0.00000312. The summed E-state index contributed by atoms with van der Waals surface area (Å²) in [6, 6.07) is 13.2. The topological polar surface area (TPSA) is 67.6 Å². The molecule has 0 bridgehead atoms. The molecular weight excluding hydrogens is 397 g/mol. The number of nitrogens with zero attached hydrogens (tertiary/aromatic N) is 1. The first-order chi connectivity index (χ1) is 11.4. The van der Waals surface area contributed by atoms with Gasteiger partial charge in [0, 0.05) is 12.6 Å². The molecule has 0 fully saturated rings. The highest BCUT2D eigenvalue weighted by atomic mass is 35.5. The Bertz CT molecular complexity index is 712. The van der Waals surface area contributed by atoms with Crippen molar-refractivity contribution in [3.63, 3.8) is 0 Å². The molecule has 0 aliphatic rings. The summed E-state index contributed by atoms with van der Waals surface area (Å²) in [4.78, 5) is 14.6. The number of carbonyl (C=O) groups excluding carboxylic acids is 1. The Morgan fingerprint density at radius 2 is 1.85 bits per heavy atom. The summed E-state index contributed by atoms with van der Waals surface area (Å²) >= 11 is 6.03. The van der Waals surface area contributed by atoms with Crippen LogP contribution >= 0.6 is 36.4 Å². The second kappa shape index (κ2) is 11.1. The van der Waals surface area contributed by atoms with E-state index >= 15 is 0 Å². The number of amides is 1. The van der Waals surface area contributed by atoms with E-state index in [9.17, 15) is 4.79 Å². The molecule has 2 rings (SSSR count). The highest BCUT2D eigenvalue weighted by Gasteiger charge is 2.18. The van der Waals surface area contributed by atoms with E-state index in [4.69, 9.17) is 22.1 Å². The maximum atomic E-state index is 12.5. The number of carbonyl (C=O) groups is 1. The Hall–Kier alpha value is -1.66. The summed E-state index contributed by atoms with van der Waals surface area (Å²) in [6.07, 6.45) is 0. The number of methoxy groups -OCH3 is 1. The standard InChI is InChI=1S/C18H22ClN3O2.2ClH/c1-22(2)16(12-7-5-4-6-8-12)11-21-18(23)13-9-14(19)15(20)10-17(13)24-3;;/h4-10,16H,11,20H2,1-3H3,(H,21,23);2*1H. The fourth-order valence-electron chi connectivity index (χ4n) is 2.47. The van der Waals surface area contributed by atoms with Crippen molar-refractivity contribution < 1.29 is 9.53 Å². The van der Waals surface area contributed by atoms with Gasteiger partial charge < -0.3 is 20.7 Å². The summed E-state index contributed by atoms with van der Waals surface area (Å²) in [7, 11) is 5.45. The van der Waals surface area contributed by atoms with Gasteiger partial charge in [0.15, 0.2) is 0 Å². The molecule has 144 valence electrons. The van der Waals surface area contributed by atoms with Gasteiger partial charge in [-0.2, -0.15) is 0 Å². The summed E-state index contributed by atoms with van der Waals surface area (Å²) in [5.41, 5.74) is 7.62. The number of anilines is 1. The maximum Gasteiger partial charge on any atom is 0.255 e. The number of halogens is 3. The minimum atomic E-state index is -0.253. The first-order valence-corrected chi connectivity index (χ1v) is 7.94. The molecule has 0 spiro atoms. The van der Waals surface area contributed by atoms with Gasteiger partial charge >= 0.3 is 0 Å². The molecule has 1 amide bonds. The van der Waals surface area contributed by atoms with Crippen LogP contribution in [0.15, 0.2) is 42.5 Å². The third-order valence-corrected chi connectivity index (χ3v) is 4.15. The maximum absolute atomic E-state index is 12.5. The van der Waals surface area contributed by atoms with Crippen LogP contribution in [-0.4, -0.2) is 38.6 Å². The van der Waals surface area contributed by atoms with Gasteiger partial charge in [0.05, 0.1) is 29.4 Å². The lowest BCUT2D eigenvalue weighted by Gasteiger charge is -2.25. The van der Waals surface area contributed by atoms with Gasteiger partial charge in [0.1, 0.15) is 5.75 Å². The number of nitrogens with one attached hydrogen (secondary N) is 1. The molecular formula is C18H24Cl3N3O2. The Morgan fingerprint density at radius 3 is 2.38 bits per heavy atom. The number of nitrogen functional groups attached to an aromatic ring is 1. The number of rotatable bonds is 6. The van der Waals surface area contributed by atoms with Crippen LogP contribution in [0.5, 0.6) is 5.75 Å². The Morgan fingerprint density at radius 1 is 1.23 bits per heavy atom. The van der Waals surface area contributed by atoms with Gasteiger partial charge in [-0.1, -0.05) is 41.9 Å². The zero-order chi connectivity index (χ0) is 17.7. The molecule has 1 atom stereocenters. The van der Waals surface area contributed by atoms with Crippen LogP contribution < -0.4 is 15.8 Å². The van der Waals surface area contributed by atoms with E-state index in [0.717, 1.165) is 5.56 Å². The van der Waals surface area contributed by atoms with Crippen LogP contribution in [0.2, 0.25) is 5.02 Å². The number of nitrogens with two attached hydrogens (primary N) is 1. The van der Waals surface area contributed by atoms with Gasteiger partial charge in [0.2, 0.25) is 0 Å². The summed E-state index contributed by atoms with van der Waals surface area (Å²) in [5.74, 6) is 0.145. The molecule has 26 heavy (non-hydrogen) atoms. The molecule has 1 unspecified atom stereocenters. The van der Waals surface area contributed by atoms with Crippen molar-refractivity contribution in [3.05, 3.63) is 58.6 Å². The van der Waals surface area contributed by atoms with Crippen molar-refractivity contribution in [2.75, 3.05) is 33.5 Å². The third-order valence-electron chi connectivity index (χ3n) is 3.83. The van der Waals surface area contributed by atoms with Crippen molar-refractivity contribution in [3.8, 4) is 5.75 Å². The molecule has 0 saturated carbocycles. The molecule has 0 heterocycles. The van der Waals surface area contributed by atoms with E-state index in [1.54, 1.807) is 6.07 Å². The second-order valence-corrected chi connectivity index (χ2v) is 6.08. The minimum Gasteiger partial charge on any atom is -0.496 e. The van der Waals surface area contributed by atoms with Crippen molar-refractivity contribution in [1.29, 1.82) is 0 Å². The number of benzene rings is 2. The molecule has 8 heteroatoms. The molecule has 0 saturated heterocycles. The van der Waals surface area contributed by atoms with Crippen molar-refractivity contribution >= 4 is 48.0 Å². The quantitative estimate of drug-likeness (QED) is 0.697. The summed E-state index contributed by atoms with van der Waals surface area (Å²) < 4.78 is 5.23. The minimum absolute atomic E-state index is 0. The fourth-order valence-corrected chi connectivity index (χ4v) is 2.64. The van der Waals surface area contributed by atoms with E-state index in [1.807, 2.05) is 44.4 Å². The number of hydrogen-bond acceptors (Lipinski definition) is 4. The van der Waals surface area contributed by atoms with Gasteiger partial charge in [-0.05, 0) is 25.7 Å². The zero-order valence-electron chi connectivity index (χ0n) is 14.9.